The van der Waals surface area contributed by atoms with Crippen molar-refractivity contribution >= 4 is 17.7 Å². The van der Waals surface area contributed by atoms with Crippen molar-refractivity contribution in [3.05, 3.63) is 0 Å². The topological polar surface area (TPSA) is 41.1 Å². The van der Waals surface area contributed by atoms with Gasteiger partial charge in [0.2, 0.25) is 5.91 Å². The maximum absolute atomic E-state index is 11.3. The van der Waals surface area contributed by atoms with Crippen LogP contribution in [0, 0.1) is 5.41 Å². The van der Waals surface area contributed by atoms with E-state index in [9.17, 15) is 4.79 Å². The fourth-order valence-electron chi connectivity index (χ4n) is 2.07. The summed E-state index contributed by atoms with van der Waals surface area (Å²) < 4.78 is 0. The van der Waals surface area contributed by atoms with Gasteiger partial charge in [0.25, 0.3) is 0 Å². The molecule has 1 unspecified atom stereocenters. The normalized spacial score (nSPS) is 24.1. The Hall–Kier alpha value is -0.220. The molecule has 1 rings (SSSR count). The average molecular weight is 244 g/mol. The third kappa shape index (κ3) is 5.21. The van der Waals surface area contributed by atoms with Gasteiger partial charge in [-0.3, -0.25) is 4.79 Å². The van der Waals surface area contributed by atoms with Gasteiger partial charge in [-0.15, -0.1) is 0 Å². The molecule has 1 fully saturated rings. The summed E-state index contributed by atoms with van der Waals surface area (Å²) in [6.45, 7) is 8.11. The largest absolute Gasteiger partial charge is 0.356 e. The molecule has 16 heavy (non-hydrogen) atoms. The first-order valence-electron chi connectivity index (χ1n) is 6.11. The van der Waals surface area contributed by atoms with E-state index in [1.54, 1.807) is 0 Å². The van der Waals surface area contributed by atoms with Crippen molar-refractivity contribution in [2.24, 2.45) is 5.41 Å². The number of carbonyl (C=O) groups is 1. The Morgan fingerprint density at radius 3 is 2.88 bits per heavy atom. The van der Waals surface area contributed by atoms with Gasteiger partial charge in [0, 0.05) is 31.3 Å². The summed E-state index contributed by atoms with van der Waals surface area (Å²) in [4.78, 5) is 11.3. The van der Waals surface area contributed by atoms with Gasteiger partial charge in [-0.25, -0.2) is 0 Å². The molecule has 4 heteroatoms. The first-order chi connectivity index (χ1) is 7.53. The van der Waals surface area contributed by atoms with E-state index in [1.807, 2.05) is 18.7 Å². The number of carbonyl (C=O) groups excluding carboxylic acids is 1. The van der Waals surface area contributed by atoms with Crippen LogP contribution in [0.25, 0.3) is 0 Å². The van der Waals surface area contributed by atoms with Gasteiger partial charge >= 0.3 is 0 Å². The minimum Gasteiger partial charge on any atom is -0.356 e. The molecule has 0 radical (unpaired) electrons. The Morgan fingerprint density at radius 2 is 2.25 bits per heavy atom. The maximum atomic E-state index is 11.3. The fraction of sp³-hybridized carbons (Fsp3) is 0.917. The predicted molar refractivity (Wildman–Crippen MR) is 70.8 cm³/mol. The predicted octanol–water partition coefficient (Wildman–Crippen LogP) is 1.63. The SMILES string of the molecule is CCNC(=O)CCNC1CSCC(C)(C)C1. The highest BCUT2D eigenvalue weighted by Gasteiger charge is 2.27. The highest BCUT2D eigenvalue weighted by atomic mass is 32.2. The zero-order valence-electron chi connectivity index (χ0n) is 10.6. The quantitative estimate of drug-likeness (QED) is 0.772. The minimum absolute atomic E-state index is 0.151. The molecular formula is C12H24N2OS. The van der Waals surface area contributed by atoms with Crippen molar-refractivity contribution in [2.75, 3.05) is 24.6 Å². The van der Waals surface area contributed by atoms with Gasteiger partial charge in [0.05, 0.1) is 0 Å². The second-order valence-corrected chi connectivity index (χ2v) is 6.27. The van der Waals surface area contributed by atoms with Crippen LogP contribution in [-0.4, -0.2) is 36.5 Å². The minimum atomic E-state index is 0.151. The standard InChI is InChI=1S/C12H24N2OS/c1-4-13-11(15)5-6-14-10-7-12(2,3)9-16-8-10/h10,14H,4-9H2,1-3H3,(H,13,15). The summed E-state index contributed by atoms with van der Waals surface area (Å²) in [7, 11) is 0. The van der Waals surface area contributed by atoms with Crippen LogP contribution in [0.3, 0.4) is 0 Å². The zero-order chi connectivity index (χ0) is 12.0. The van der Waals surface area contributed by atoms with E-state index in [0.29, 0.717) is 17.9 Å². The van der Waals surface area contributed by atoms with E-state index in [2.05, 4.69) is 24.5 Å². The second kappa shape index (κ2) is 6.50. The summed E-state index contributed by atoms with van der Waals surface area (Å²) in [5, 5.41) is 6.30. The molecule has 2 N–H and O–H groups in total. The van der Waals surface area contributed by atoms with Crippen LogP contribution < -0.4 is 10.6 Å². The average Bonchev–Trinajstić information content (AvgIpc) is 2.16. The molecule has 0 aromatic heterocycles. The van der Waals surface area contributed by atoms with Crippen LogP contribution >= 0.6 is 11.8 Å². The molecule has 1 amide bonds. The van der Waals surface area contributed by atoms with Crippen LogP contribution in [0.1, 0.15) is 33.6 Å². The van der Waals surface area contributed by atoms with E-state index in [1.165, 1.54) is 17.9 Å². The van der Waals surface area contributed by atoms with Crippen molar-refractivity contribution in [3.8, 4) is 0 Å². The fourth-order valence-corrected chi connectivity index (χ4v) is 3.38. The molecule has 0 aliphatic carbocycles. The molecule has 0 spiro atoms. The Labute approximate surface area is 103 Å². The second-order valence-electron chi connectivity index (χ2n) is 5.24. The van der Waals surface area contributed by atoms with Gasteiger partial charge < -0.3 is 10.6 Å². The van der Waals surface area contributed by atoms with Gasteiger partial charge in [0.15, 0.2) is 0 Å². The lowest BCUT2D eigenvalue weighted by atomic mass is 9.88. The van der Waals surface area contributed by atoms with Crippen molar-refractivity contribution in [1.82, 2.24) is 10.6 Å². The van der Waals surface area contributed by atoms with Crippen LogP contribution in [0.5, 0.6) is 0 Å². The molecule has 1 aliphatic rings. The molecule has 1 saturated heterocycles. The molecule has 1 aliphatic heterocycles. The van der Waals surface area contributed by atoms with Crippen molar-refractivity contribution < 1.29 is 4.79 Å². The van der Waals surface area contributed by atoms with Crippen molar-refractivity contribution in [3.63, 3.8) is 0 Å². The van der Waals surface area contributed by atoms with E-state index in [4.69, 9.17) is 0 Å². The summed E-state index contributed by atoms with van der Waals surface area (Å²) in [6, 6.07) is 0.572. The third-order valence-electron chi connectivity index (χ3n) is 2.77. The monoisotopic (exact) mass is 244 g/mol. The highest BCUT2D eigenvalue weighted by Crippen LogP contribution is 2.33. The molecule has 0 bridgehead atoms. The van der Waals surface area contributed by atoms with E-state index in [-0.39, 0.29) is 5.91 Å². The Balaban J connectivity index is 2.15. The number of amides is 1. The lowest BCUT2D eigenvalue weighted by Crippen LogP contribution is -2.41. The summed E-state index contributed by atoms with van der Waals surface area (Å²) >= 11 is 2.02. The van der Waals surface area contributed by atoms with Crippen LogP contribution in [-0.2, 0) is 4.79 Å². The van der Waals surface area contributed by atoms with E-state index < -0.39 is 0 Å². The van der Waals surface area contributed by atoms with Crippen molar-refractivity contribution in [2.45, 2.75) is 39.7 Å². The number of hydrogen-bond donors (Lipinski definition) is 2. The Kier molecular flexibility index (Phi) is 5.62. The number of hydrogen-bond acceptors (Lipinski definition) is 3. The van der Waals surface area contributed by atoms with Gasteiger partial charge in [-0.05, 0) is 24.5 Å². The molecule has 3 nitrogen and oxygen atoms in total. The molecule has 0 aromatic carbocycles. The number of thioether (sulfide) groups is 1. The van der Waals surface area contributed by atoms with Crippen LogP contribution in [0.4, 0.5) is 0 Å². The zero-order valence-corrected chi connectivity index (χ0v) is 11.5. The van der Waals surface area contributed by atoms with E-state index >= 15 is 0 Å². The molecular weight excluding hydrogens is 220 g/mol. The molecule has 1 atom stereocenters. The first-order valence-corrected chi connectivity index (χ1v) is 7.27. The number of rotatable bonds is 5. The van der Waals surface area contributed by atoms with Crippen LogP contribution in [0.15, 0.2) is 0 Å². The van der Waals surface area contributed by atoms with Crippen LogP contribution in [0.2, 0.25) is 0 Å². The van der Waals surface area contributed by atoms with Gasteiger partial charge in [0.1, 0.15) is 0 Å². The van der Waals surface area contributed by atoms with Gasteiger partial charge in [-0.2, -0.15) is 11.8 Å². The lowest BCUT2D eigenvalue weighted by Gasteiger charge is -2.35. The highest BCUT2D eigenvalue weighted by molar-refractivity contribution is 7.99. The summed E-state index contributed by atoms with van der Waals surface area (Å²) in [6.07, 6.45) is 1.81. The van der Waals surface area contributed by atoms with Gasteiger partial charge in [-0.1, -0.05) is 13.8 Å². The number of nitrogens with one attached hydrogen (secondary N) is 2. The summed E-state index contributed by atoms with van der Waals surface area (Å²) in [5.74, 6) is 2.58. The lowest BCUT2D eigenvalue weighted by molar-refractivity contribution is -0.120. The molecule has 1 heterocycles. The van der Waals surface area contributed by atoms with E-state index in [0.717, 1.165) is 13.1 Å². The maximum Gasteiger partial charge on any atom is 0.221 e. The molecule has 0 saturated carbocycles. The third-order valence-corrected chi connectivity index (χ3v) is 4.39. The smallest absolute Gasteiger partial charge is 0.221 e. The van der Waals surface area contributed by atoms with Crippen molar-refractivity contribution in [1.29, 1.82) is 0 Å². The first kappa shape index (κ1) is 13.8. The summed E-state index contributed by atoms with van der Waals surface area (Å²) in [5.41, 5.74) is 0.437. The molecule has 94 valence electrons. The Bertz CT molecular complexity index is 231. The molecule has 0 aromatic rings. The Morgan fingerprint density at radius 1 is 1.50 bits per heavy atom.